The van der Waals surface area contributed by atoms with Crippen molar-refractivity contribution in [2.45, 2.75) is 12.5 Å². The Morgan fingerprint density at radius 2 is 2.03 bits per heavy atom. The number of halogens is 1. The van der Waals surface area contributed by atoms with Crippen molar-refractivity contribution >= 4 is 17.3 Å². The first-order valence-corrected chi connectivity index (χ1v) is 10.6. The molecule has 0 radical (unpaired) electrons. The molecule has 0 fully saturated rings. The summed E-state index contributed by atoms with van der Waals surface area (Å²) in [5.74, 6) is 2.57. The highest BCUT2D eigenvalue weighted by atomic mass is 19.1. The van der Waals surface area contributed by atoms with Crippen molar-refractivity contribution < 1.29 is 13.9 Å². The number of nitrogens with zero attached hydrogens (tertiary/aromatic N) is 7. The van der Waals surface area contributed by atoms with Crippen molar-refractivity contribution in [2.75, 3.05) is 11.9 Å². The van der Waals surface area contributed by atoms with Crippen LogP contribution in [0.1, 0.15) is 18.3 Å². The summed E-state index contributed by atoms with van der Waals surface area (Å²) in [7, 11) is 1.86. The Balaban J connectivity index is 1.34. The molecule has 0 aromatic carbocycles. The lowest BCUT2D eigenvalue weighted by molar-refractivity contribution is 0.165. The maximum absolute atomic E-state index is 13.6. The zero-order chi connectivity index (χ0) is 23.1. The van der Waals surface area contributed by atoms with Crippen LogP contribution < -0.4 is 14.8 Å². The summed E-state index contributed by atoms with van der Waals surface area (Å²) in [6.45, 7) is 0.402. The lowest BCUT2D eigenvalue weighted by atomic mass is 10.1. The van der Waals surface area contributed by atoms with Gasteiger partial charge in [0.1, 0.15) is 23.2 Å². The average molecular weight is 458 g/mol. The minimum Gasteiger partial charge on any atom is -0.481 e. The van der Waals surface area contributed by atoms with Gasteiger partial charge in [-0.3, -0.25) is 9.67 Å². The summed E-state index contributed by atoms with van der Waals surface area (Å²) in [5.41, 5.74) is 2.47. The van der Waals surface area contributed by atoms with Gasteiger partial charge in [0.2, 0.25) is 5.88 Å². The van der Waals surface area contributed by atoms with E-state index in [0.29, 0.717) is 41.9 Å². The van der Waals surface area contributed by atoms with Gasteiger partial charge in [0.05, 0.1) is 25.2 Å². The number of nitrogens with one attached hydrogen (secondary N) is 1. The zero-order valence-corrected chi connectivity index (χ0v) is 18.1. The second-order valence-electron chi connectivity index (χ2n) is 7.81. The fourth-order valence-corrected chi connectivity index (χ4v) is 3.93. The highest BCUT2D eigenvalue weighted by Crippen LogP contribution is 2.33. The van der Waals surface area contributed by atoms with Gasteiger partial charge in [-0.25, -0.2) is 13.8 Å². The molecule has 5 aromatic rings. The monoisotopic (exact) mass is 458 g/mol. The fourth-order valence-electron chi connectivity index (χ4n) is 3.93. The number of hydrogen-bond acceptors (Lipinski definition) is 8. The predicted molar refractivity (Wildman–Crippen MR) is 120 cm³/mol. The molecular formula is C23H19FN8O2. The maximum atomic E-state index is 13.6. The number of aryl methyl sites for hydroxylation is 1. The van der Waals surface area contributed by atoms with Crippen molar-refractivity contribution in [1.29, 1.82) is 0 Å². The lowest BCUT2D eigenvalue weighted by Gasteiger charge is -2.14. The van der Waals surface area contributed by atoms with E-state index in [1.165, 1.54) is 12.3 Å². The van der Waals surface area contributed by atoms with Crippen LogP contribution in [0.25, 0.3) is 16.8 Å². The van der Waals surface area contributed by atoms with Crippen molar-refractivity contribution in [3.8, 4) is 22.8 Å². The Hall–Kier alpha value is -4.54. The van der Waals surface area contributed by atoms with Gasteiger partial charge in [-0.15, -0.1) is 10.2 Å². The number of hydrogen-bond donors (Lipinski definition) is 1. The Morgan fingerprint density at radius 3 is 2.88 bits per heavy atom. The first-order chi connectivity index (χ1) is 16.6. The first-order valence-electron chi connectivity index (χ1n) is 10.6. The average Bonchev–Trinajstić information content (AvgIpc) is 3.40. The summed E-state index contributed by atoms with van der Waals surface area (Å²) in [4.78, 5) is 8.25. The second-order valence-corrected chi connectivity index (χ2v) is 7.81. The van der Waals surface area contributed by atoms with Crippen LogP contribution in [0.15, 0.2) is 61.2 Å². The third-order valence-corrected chi connectivity index (χ3v) is 5.54. The van der Waals surface area contributed by atoms with Gasteiger partial charge < -0.3 is 14.8 Å². The molecule has 1 N–H and O–H groups in total. The molecule has 1 aliphatic heterocycles. The third-order valence-electron chi connectivity index (χ3n) is 5.54. The number of aromatic nitrogens is 7. The molecule has 170 valence electrons. The van der Waals surface area contributed by atoms with E-state index in [1.54, 1.807) is 17.1 Å². The highest BCUT2D eigenvalue weighted by Gasteiger charge is 2.26. The van der Waals surface area contributed by atoms with Gasteiger partial charge in [-0.05, 0) is 29.3 Å². The van der Waals surface area contributed by atoms with Crippen LogP contribution in [0.4, 0.5) is 16.0 Å². The van der Waals surface area contributed by atoms with Gasteiger partial charge in [0.25, 0.3) is 0 Å². The van der Waals surface area contributed by atoms with Gasteiger partial charge in [-0.2, -0.15) is 5.10 Å². The summed E-state index contributed by atoms with van der Waals surface area (Å²) in [6, 6.07) is 10.9. The minimum atomic E-state index is -0.464. The van der Waals surface area contributed by atoms with Crippen molar-refractivity contribution in [3.63, 3.8) is 0 Å². The molecule has 6 rings (SSSR count). The van der Waals surface area contributed by atoms with Crippen LogP contribution in [-0.2, 0) is 7.05 Å². The van der Waals surface area contributed by atoms with Crippen molar-refractivity contribution in [1.82, 2.24) is 34.3 Å². The summed E-state index contributed by atoms with van der Waals surface area (Å²) in [6.07, 6.45) is 6.12. The van der Waals surface area contributed by atoms with Gasteiger partial charge in [-0.1, -0.05) is 0 Å². The van der Waals surface area contributed by atoms with Crippen LogP contribution >= 0.6 is 0 Å². The number of anilines is 2. The molecule has 6 heterocycles. The number of ether oxygens (including phenoxy) is 2. The van der Waals surface area contributed by atoms with Crippen molar-refractivity contribution in [3.05, 3.63) is 72.8 Å². The largest absolute Gasteiger partial charge is 0.481 e. The lowest BCUT2D eigenvalue weighted by Crippen LogP contribution is -2.12. The maximum Gasteiger partial charge on any atom is 0.201 e. The van der Waals surface area contributed by atoms with E-state index in [1.807, 2.05) is 41.8 Å². The standard InChI is InChI=1S/C23H19FN8O2/c1-31-20(3-6-27-31)28-19-8-14(2-5-26-19)15-9-21-29-30-23-18(4-7-33-22(10-15)32(21)23)34-17-11-16(24)12-25-13-17/h2-3,5-6,8-13,18H,4,7H2,1H3,(H,26,28). The molecule has 0 saturated heterocycles. The molecule has 1 aliphatic rings. The third kappa shape index (κ3) is 3.66. The van der Waals surface area contributed by atoms with E-state index in [4.69, 9.17) is 9.47 Å². The quantitative estimate of drug-likeness (QED) is 0.425. The molecule has 0 spiro atoms. The number of rotatable bonds is 5. The molecule has 0 bridgehead atoms. The molecule has 0 aliphatic carbocycles. The molecule has 0 amide bonds. The summed E-state index contributed by atoms with van der Waals surface area (Å²) < 4.78 is 29.1. The molecule has 1 atom stereocenters. The smallest absolute Gasteiger partial charge is 0.201 e. The molecule has 11 heteroatoms. The second kappa shape index (κ2) is 8.10. The van der Waals surface area contributed by atoms with Crippen LogP contribution in [-0.4, -0.2) is 41.0 Å². The van der Waals surface area contributed by atoms with Crippen LogP contribution in [0, 0.1) is 5.82 Å². The van der Waals surface area contributed by atoms with E-state index in [-0.39, 0.29) is 0 Å². The van der Waals surface area contributed by atoms with E-state index >= 15 is 0 Å². The van der Waals surface area contributed by atoms with Crippen LogP contribution in [0.2, 0.25) is 0 Å². The zero-order valence-electron chi connectivity index (χ0n) is 18.1. The SMILES string of the molecule is Cn1nccc1Nc1cc(-c2cc3n4c(nnc4c2)C(Oc2cncc(F)c2)CCO3)ccn1. The summed E-state index contributed by atoms with van der Waals surface area (Å²) in [5, 5.41) is 16.1. The first kappa shape index (κ1) is 20.1. The van der Waals surface area contributed by atoms with E-state index in [9.17, 15) is 4.39 Å². The molecule has 34 heavy (non-hydrogen) atoms. The molecule has 1 unspecified atom stereocenters. The number of pyridine rings is 3. The summed E-state index contributed by atoms with van der Waals surface area (Å²) >= 11 is 0. The molecular weight excluding hydrogens is 439 g/mol. The molecule has 10 nitrogen and oxygen atoms in total. The normalized spacial score (nSPS) is 15.1. The van der Waals surface area contributed by atoms with Gasteiger partial charge >= 0.3 is 0 Å². The molecule has 0 saturated carbocycles. The topological polar surface area (TPSA) is 104 Å². The Bertz CT molecular complexity index is 1500. The van der Waals surface area contributed by atoms with Crippen LogP contribution in [0.5, 0.6) is 11.6 Å². The minimum absolute atomic E-state index is 0.326. The Kier molecular flexibility index (Phi) is 4.79. The molecule has 5 aromatic heterocycles. The van der Waals surface area contributed by atoms with Crippen LogP contribution in [0.3, 0.4) is 0 Å². The highest BCUT2D eigenvalue weighted by molar-refractivity contribution is 5.72. The van der Waals surface area contributed by atoms with Gasteiger partial charge in [0.15, 0.2) is 17.6 Å². The fraction of sp³-hybridized carbons (Fsp3) is 0.174. The van der Waals surface area contributed by atoms with E-state index in [0.717, 1.165) is 23.1 Å². The van der Waals surface area contributed by atoms with Gasteiger partial charge in [0, 0.05) is 37.9 Å². The Labute approximate surface area is 193 Å². The van der Waals surface area contributed by atoms with Crippen molar-refractivity contribution in [2.24, 2.45) is 7.05 Å². The van der Waals surface area contributed by atoms with E-state index < -0.39 is 11.9 Å². The van der Waals surface area contributed by atoms with E-state index in [2.05, 4.69) is 30.6 Å². The Morgan fingerprint density at radius 1 is 1.09 bits per heavy atom. The predicted octanol–water partition coefficient (Wildman–Crippen LogP) is 3.71.